The van der Waals surface area contributed by atoms with Crippen LogP contribution in [0.5, 0.6) is 17.2 Å². The largest absolute Gasteiger partial charge is 0.496 e. The zero-order valence-corrected chi connectivity index (χ0v) is 18.6. The Labute approximate surface area is 174 Å². The molecule has 0 saturated heterocycles. The number of benzene rings is 2. The minimum Gasteiger partial charge on any atom is -0.496 e. The van der Waals surface area contributed by atoms with Crippen LogP contribution in [0.15, 0.2) is 30.3 Å². The number of amides is 1. The average Bonchev–Trinajstić information content (AvgIpc) is 2.71. The second-order valence-electron chi connectivity index (χ2n) is 7.58. The molecule has 0 aliphatic carbocycles. The van der Waals surface area contributed by atoms with Crippen LogP contribution in [0.3, 0.4) is 0 Å². The second-order valence-corrected chi connectivity index (χ2v) is 7.58. The molecular weight excluding hydrogens is 366 g/mol. The predicted octanol–water partition coefficient (Wildman–Crippen LogP) is 4.95. The molecule has 5 heteroatoms. The van der Waals surface area contributed by atoms with Crippen LogP contribution in [0.1, 0.15) is 61.4 Å². The summed E-state index contributed by atoms with van der Waals surface area (Å²) in [5.41, 5.74) is 4.42. The van der Waals surface area contributed by atoms with Crippen molar-refractivity contribution in [2.24, 2.45) is 0 Å². The van der Waals surface area contributed by atoms with Crippen LogP contribution in [0.2, 0.25) is 0 Å². The smallest absolute Gasteiger partial charge is 0.220 e. The molecule has 1 N–H and O–H groups in total. The topological polar surface area (TPSA) is 56.8 Å². The molecular formula is C24H33NO4. The van der Waals surface area contributed by atoms with E-state index < -0.39 is 0 Å². The van der Waals surface area contributed by atoms with E-state index in [9.17, 15) is 4.79 Å². The average molecular weight is 400 g/mol. The lowest BCUT2D eigenvalue weighted by molar-refractivity contribution is -0.121. The van der Waals surface area contributed by atoms with Gasteiger partial charge >= 0.3 is 0 Å². The minimum atomic E-state index is -0.0729. The molecule has 1 atom stereocenters. The maximum Gasteiger partial charge on any atom is 0.220 e. The van der Waals surface area contributed by atoms with Crippen molar-refractivity contribution >= 4 is 5.91 Å². The summed E-state index contributed by atoms with van der Waals surface area (Å²) in [6, 6.07) is 9.87. The zero-order valence-electron chi connectivity index (χ0n) is 18.6. The summed E-state index contributed by atoms with van der Waals surface area (Å²) in [6.45, 7) is 8.36. The molecule has 2 aromatic carbocycles. The van der Waals surface area contributed by atoms with Crippen LogP contribution < -0.4 is 19.5 Å². The third-order valence-electron chi connectivity index (χ3n) is 5.17. The quantitative estimate of drug-likeness (QED) is 0.648. The molecule has 158 valence electrons. The number of rotatable bonds is 9. The first-order valence-corrected chi connectivity index (χ1v) is 9.99. The van der Waals surface area contributed by atoms with Crippen molar-refractivity contribution in [3.63, 3.8) is 0 Å². The Balaban J connectivity index is 2.05. The van der Waals surface area contributed by atoms with Crippen LogP contribution in [-0.2, 0) is 11.2 Å². The van der Waals surface area contributed by atoms with Crippen LogP contribution in [0, 0.1) is 6.92 Å². The van der Waals surface area contributed by atoms with Gasteiger partial charge in [0.2, 0.25) is 5.91 Å². The molecule has 0 heterocycles. The van der Waals surface area contributed by atoms with Crippen molar-refractivity contribution < 1.29 is 19.0 Å². The fourth-order valence-electron chi connectivity index (χ4n) is 3.50. The fourth-order valence-corrected chi connectivity index (χ4v) is 3.50. The van der Waals surface area contributed by atoms with Gasteiger partial charge in [-0.2, -0.15) is 0 Å². The highest BCUT2D eigenvalue weighted by molar-refractivity contribution is 5.76. The first-order valence-electron chi connectivity index (χ1n) is 9.99. The summed E-state index contributed by atoms with van der Waals surface area (Å²) in [5.74, 6) is 2.62. The highest BCUT2D eigenvalue weighted by atomic mass is 16.5. The monoisotopic (exact) mass is 399 g/mol. The lowest BCUT2D eigenvalue weighted by Crippen LogP contribution is -2.27. The fraction of sp³-hybridized carbons (Fsp3) is 0.458. The third kappa shape index (κ3) is 5.66. The van der Waals surface area contributed by atoms with Gasteiger partial charge in [0.25, 0.3) is 0 Å². The van der Waals surface area contributed by atoms with E-state index >= 15 is 0 Å². The summed E-state index contributed by atoms with van der Waals surface area (Å²) in [6.07, 6.45) is 1.05. The lowest BCUT2D eigenvalue weighted by atomic mass is 9.93. The van der Waals surface area contributed by atoms with Crippen LogP contribution >= 0.6 is 0 Å². The van der Waals surface area contributed by atoms with Crippen LogP contribution in [0.25, 0.3) is 0 Å². The molecule has 1 unspecified atom stereocenters. The Bertz CT molecular complexity index is 845. The van der Waals surface area contributed by atoms with Gasteiger partial charge < -0.3 is 19.5 Å². The van der Waals surface area contributed by atoms with Crippen molar-refractivity contribution in [1.82, 2.24) is 5.32 Å². The normalized spacial score (nSPS) is 11.9. The van der Waals surface area contributed by atoms with Gasteiger partial charge in [-0.25, -0.2) is 0 Å². The van der Waals surface area contributed by atoms with Gasteiger partial charge in [-0.3, -0.25) is 4.79 Å². The number of carbonyl (C=O) groups is 1. The first-order chi connectivity index (χ1) is 13.8. The molecule has 2 aromatic rings. The number of ether oxygens (including phenoxy) is 3. The zero-order chi connectivity index (χ0) is 21.6. The van der Waals surface area contributed by atoms with Crippen LogP contribution in [0.4, 0.5) is 0 Å². The molecule has 29 heavy (non-hydrogen) atoms. The van der Waals surface area contributed by atoms with Gasteiger partial charge in [-0.15, -0.1) is 0 Å². The number of methoxy groups -OCH3 is 3. The van der Waals surface area contributed by atoms with Crippen molar-refractivity contribution in [3.8, 4) is 17.2 Å². The predicted molar refractivity (Wildman–Crippen MR) is 116 cm³/mol. The van der Waals surface area contributed by atoms with E-state index in [4.69, 9.17) is 14.2 Å². The Morgan fingerprint density at radius 2 is 1.55 bits per heavy atom. The van der Waals surface area contributed by atoms with E-state index in [2.05, 4.69) is 31.3 Å². The van der Waals surface area contributed by atoms with E-state index in [1.165, 1.54) is 0 Å². The van der Waals surface area contributed by atoms with Gasteiger partial charge in [0.15, 0.2) is 11.5 Å². The number of nitrogens with one attached hydrogen (secondary N) is 1. The van der Waals surface area contributed by atoms with Gasteiger partial charge in [-0.05, 0) is 72.7 Å². The van der Waals surface area contributed by atoms with Crippen molar-refractivity contribution in [3.05, 3.63) is 52.6 Å². The van der Waals surface area contributed by atoms with Crippen LogP contribution in [-0.4, -0.2) is 27.2 Å². The van der Waals surface area contributed by atoms with Crippen molar-refractivity contribution in [2.75, 3.05) is 21.3 Å². The Morgan fingerprint density at radius 1 is 0.897 bits per heavy atom. The van der Waals surface area contributed by atoms with Gasteiger partial charge in [0.05, 0.1) is 27.4 Å². The molecule has 5 nitrogen and oxygen atoms in total. The highest BCUT2D eigenvalue weighted by Gasteiger charge is 2.17. The molecule has 0 fully saturated rings. The summed E-state index contributed by atoms with van der Waals surface area (Å²) >= 11 is 0. The van der Waals surface area contributed by atoms with E-state index in [1.54, 1.807) is 21.3 Å². The van der Waals surface area contributed by atoms with Gasteiger partial charge in [0, 0.05) is 6.42 Å². The maximum absolute atomic E-state index is 12.5. The molecule has 2 rings (SSSR count). The number of aryl methyl sites for hydroxylation is 2. The number of carbonyl (C=O) groups excluding carboxylic acids is 1. The Morgan fingerprint density at radius 3 is 2.14 bits per heavy atom. The third-order valence-corrected chi connectivity index (χ3v) is 5.17. The standard InChI is InChI=1S/C24H33NO4/c1-15(2)19-14-20(16(3)12-22(19)28-6)17(4)25-24(26)11-9-18-8-10-21(27-5)23(13-18)29-7/h8,10,12-15,17H,9,11H2,1-7H3,(H,25,26). The summed E-state index contributed by atoms with van der Waals surface area (Å²) in [5, 5.41) is 3.13. The molecule has 0 aliphatic rings. The van der Waals surface area contributed by atoms with E-state index in [1.807, 2.05) is 32.0 Å². The minimum absolute atomic E-state index is 0.0219. The summed E-state index contributed by atoms with van der Waals surface area (Å²) < 4.78 is 16.1. The van der Waals surface area contributed by atoms with Gasteiger partial charge in [-0.1, -0.05) is 19.9 Å². The maximum atomic E-state index is 12.5. The molecule has 0 aromatic heterocycles. The van der Waals surface area contributed by atoms with Gasteiger partial charge in [0.1, 0.15) is 5.75 Å². The highest BCUT2D eigenvalue weighted by Crippen LogP contribution is 2.32. The Kier molecular flexibility index (Phi) is 7.94. The molecule has 0 saturated carbocycles. The summed E-state index contributed by atoms with van der Waals surface area (Å²) in [4.78, 5) is 12.5. The second kappa shape index (κ2) is 10.2. The molecule has 1 amide bonds. The molecule has 0 bridgehead atoms. The van der Waals surface area contributed by atoms with Crippen molar-refractivity contribution in [1.29, 1.82) is 0 Å². The number of hydrogen-bond acceptors (Lipinski definition) is 4. The molecule has 0 aliphatic heterocycles. The van der Waals surface area contributed by atoms with Crippen molar-refractivity contribution in [2.45, 2.75) is 52.5 Å². The molecule has 0 radical (unpaired) electrons. The van der Waals surface area contributed by atoms with E-state index in [0.717, 1.165) is 28.0 Å². The lowest BCUT2D eigenvalue weighted by Gasteiger charge is -2.21. The first kappa shape index (κ1) is 22.6. The number of hydrogen-bond donors (Lipinski definition) is 1. The Hall–Kier alpha value is -2.69. The van der Waals surface area contributed by atoms with E-state index in [-0.39, 0.29) is 11.9 Å². The summed E-state index contributed by atoms with van der Waals surface area (Å²) in [7, 11) is 4.91. The van der Waals surface area contributed by atoms with E-state index in [0.29, 0.717) is 30.3 Å². The SMILES string of the molecule is COc1ccc(CCC(=O)NC(C)c2cc(C(C)C)c(OC)cc2C)cc1OC. The molecule has 0 spiro atoms.